The summed E-state index contributed by atoms with van der Waals surface area (Å²) in [5, 5.41) is 10.9. The van der Waals surface area contributed by atoms with E-state index in [0.717, 1.165) is 16.5 Å². The third kappa shape index (κ3) is 2.14. The SMILES string of the molecule is Cc1c(-c2cccnc2)c2cc(Br)c(O)c(C)c2[nH]c1=O. The van der Waals surface area contributed by atoms with Crippen LogP contribution in [-0.4, -0.2) is 15.1 Å². The summed E-state index contributed by atoms with van der Waals surface area (Å²) in [4.78, 5) is 19.2. The molecule has 4 nitrogen and oxygen atoms in total. The molecule has 0 atom stereocenters. The van der Waals surface area contributed by atoms with E-state index in [0.29, 0.717) is 21.1 Å². The molecule has 0 unspecified atom stereocenters. The summed E-state index contributed by atoms with van der Waals surface area (Å²) in [6.45, 7) is 3.57. The van der Waals surface area contributed by atoms with Gasteiger partial charge in [-0.1, -0.05) is 6.07 Å². The number of hydrogen-bond acceptors (Lipinski definition) is 3. The molecule has 0 radical (unpaired) electrons. The number of benzene rings is 1. The van der Waals surface area contributed by atoms with E-state index in [1.165, 1.54) is 0 Å². The molecule has 0 aliphatic carbocycles. The van der Waals surface area contributed by atoms with Crippen LogP contribution >= 0.6 is 15.9 Å². The van der Waals surface area contributed by atoms with Gasteiger partial charge in [-0.15, -0.1) is 0 Å². The second-order valence-electron chi connectivity index (χ2n) is 4.95. The van der Waals surface area contributed by atoms with E-state index in [2.05, 4.69) is 25.9 Å². The van der Waals surface area contributed by atoms with Gasteiger partial charge in [0, 0.05) is 40.0 Å². The number of aromatic hydroxyl groups is 1. The lowest BCUT2D eigenvalue weighted by atomic mass is 9.96. The molecule has 2 heterocycles. The number of nitrogens with zero attached hydrogens (tertiary/aromatic N) is 1. The number of H-pyrrole nitrogens is 1. The van der Waals surface area contributed by atoms with E-state index >= 15 is 0 Å². The predicted molar refractivity (Wildman–Crippen MR) is 86.6 cm³/mol. The molecule has 2 aromatic heterocycles. The van der Waals surface area contributed by atoms with Crippen LogP contribution in [-0.2, 0) is 0 Å². The number of phenols is 1. The molecular weight excluding hydrogens is 332 g/mol. The second kappa shape index (κ2) is 5.00. The summed E-state index contributed by atoms with van der Waals surface area (Å²) in [5.74, 6) is 0.138. The number of aryl methyl sites for hydroxylation is 1. The molecule has 0 bridgehead atoms. The van der Waals surface area contributed by atoms with Crippen molar-refractivity contribution in [2.24, 2.45) is 0 Å². The van der Waals surface area contributed by atoms with Gasteiger partial charge in [0.1, 0.15) is 5.75 Å². The third-order valence-corrected chi connectivity index (χ3v) is 4.27. The number of phenolic OH excluding ortho intramolecular Hbond substituents is 1. The zero-order valence-corrected chi connectivity index (χ0v) is 13.2. The zero-order valence-electron chi connectivity index (χ0n) is 11.6. The summed E-state index contributed by atoms with van der Waals surface area (Å²) < 4.78 is 0.601. The van der Waals surface area contributed by atoms with Gasteiger partial charge >= 0.3 is 0 Å². The summed E-state index contributed by atoms with van der Waals surface area (Å²) in [6, 6.07) is 5.58. The first-order valence-corrected chi connectivity index (χ1v) is 7.25. The maximum atomic E-state index is 12.2. The van der Waals surface area contributed by atoms with Gasteiger partial charge in [-0.2, -0.15) is 0 Å². The maximum Gasteiger partial charge on any atom is 0.251 e. The Morgan fingerprint density at radius 3 is 2.71 bits per heavy atom. The van der Waals surface area contributed by atoms with Gasteiger partial charge in [0.15, 0.2) is 0 Å². The molecule has 0 aliphatic heterocycles. The molecule has 0 saturated carbocycles. The Balaban J connectivity index is 2.54. The van der Waals surface area contributed by atoms with Gasteiger partial charge < -0.3 is 10.1 Å². The van der Waals surface area contributed by atoms with Crippen LogP contribution < -0.4 is 5.56 Å². The van der Waals surface area contributed by atoms with Gasteiger partial charge in [-0.05, 0) is 41.9 Å². The van der Waals surface area contributed by atoms with Crippen molar-refractivity contribution in [3.63, 3.8) is 0 Å². The fourth-order valence-electron chi connectivity index (χ4n) is 2.53. The van der Waals surface area contributed by atoms with Crippen LogP contribution in [0.25, 0.3) is 22.0 Å². The number of halogens is 1. The van der Waals surface area contributed by atoms with Crippen LogP contribution in [0.3, 0.4) is 0 Å². The molecule has 2 N–H and O–H groups in total. The van der Waals surface area contributed by atoms with Crippen LogP contribution in [0.1, 0.15) is 11.1 Å². The number of nitrogens with one attached hydrogen (secondary N) is 1. The molecule has 21 heavy (non-hydrogen) atoms. The topological polar surface area (TPSA) is 66.0 Å². The predicted octanol–water partition coefficient (Wildman–Crippen LogP) is 3.68. The van der Waals surface area contributed by atoms with Gasteiger partial charge in [-0.3, -0.25) is 9.78 Å². The highest BCUT2D eigenvalue weighted by Crippen LogP contribution is 2.37. The monoisotopic (exact) mass is 344 g/mol. The largest absolute Gasteiger partial charge is 0.506 e. The average Bonchev–Trinajstić information content (AvgIpc) is 2.49. The molecule has 0 aliphatic rings. The first kappa shape index (κ1) is 13.8. The number of aromatic amines is 1. The van der Waals surface area contributed by atoms with E-state index in [1.807, 2.05) is 18.2 Å². The highest BCUT2D eigenvalue weighted by atomic mass is 79.9. The van der Waals surface area contributed by atoms with Crippen molar-refractivity contribution in [3.05, 3.63) is 56.5 Å². The molecule has 0 amide bonds. The highest BCUT2D eigenvalue weighted by Gasteiger charge is 2.16. The van der Waals surface area contributed by atoms with Gasteiger partial charge in [-0.25, -0.2) is 0 Å². The van der Waals surface area contributed by atoms with E-state index < -0.39 is 0 Å². The first-order chi connectivity index (χ1) is 10.0. The number of pyridine rings is 2. The van der Waals surface area contributed by atoms with Crippen LogP contribution in [0.4, 0.5) is 0 Å². The minimum absolute atomic E-state index is 0.138. The van der Waals surface area contributed by atoms with Crippen molar-refractivity contribution in [1.82, 2.24) is 9.97 Å². The fourth-order valence-corrected chi connectivity index (χ4v) is 3.06. The van der Waals surface area contributed by atoms with Crippen molar-refractivity contribution >= 4 is 26.8 Å². The Kier molecular flexibility index (Phi) is 3.29. The molecule has 106 valence electrons. The first-order valence-electron chi connectivity index (χ1n) is 6.45. The number of hydrogen-bond donors (Lipinski definition) is 2. The van der Waals surface area contributed by atoms with Gasteiger partial charge in [0.25, 0.3) is 5.56 Å². The quantitative estimate of drug-likeness (QED) is 0.707. The Bertz CT molecular complexity index is 902. The normalized spacial score (nSPS) is 11.0. The number of rotatable bonds is 1. The van der Waals surface area contributed by atoms with Gasteiger partial charge in [0.05, 0.1) is 9.99 Å². The van der Waals surface area contributed by atoms with E-state index in [1.54, 1.807) is 26.2 Å². The van der Waals surface area contributed by atoms with E-state index in [-0.39, 0.29) is 11.3 Å². The van der Waals surface area contributed by atoms with Crippen LogP contribution in [0.5, 0.6) is 5.75 Å². The molecule has 1 aromatic carbocycles. The summed E-state index contributed by atoms with van der Waals surface area (Å²) in [5.41, 5.74) is 3.47. The zero-order chi connectivity index (χ0) is 15.1. The number of fused-ring (bicyclic) bond motifs is 1. The highest BCUT2D eigenvalue weighted by molar-refractivity contribution is 9.10. The summed E-state index contributed by atoms with van der Waals surface area (Å²) >= 11 is 3.36. The lowest BCUT2D eigenvalue weighted by Gasteiger charge is -2.13. The average molecular weight is 345 g/mol. The Hall–Kier alpha value is -2.14. The molecule has 0 spiro atoms. The van der Waals surface area contributed by atoms with Crippen LogP contribution in [0.15, 0.2) is 39.9 Å². The van der Waals surface area contributed by atoms with Crippen molar-refractivity contribution in [2.45, 2.75) is 13.8 Å². The van der Waals surface area contributed by atoms with Crippen molar-refractivity contribution < 1.29 is 5.11 Å². The minimum Gasteiger partial charge on any atom is -0.506 e. The lowest BCUT2D eigenvalue weighted by Crippen LogP contribution is -2.12. The van der Waals surface area contributed by atoms with E-state index in [9.17, 15) is 9.90 Å². The van der Waals surface area contributed by atoms with Crippen molar-refractivity contribution in [2.75, 3.05) is 0 Å². The van der Waals surface area contributed by atoms with Crippen molar-refractivity contribution in [1.29, 1.82) is 0 Å². The van der Waals surface area contributed by atoms with Crippen molar-refractivity contribution in [3.8, 4) is 16.9 Å². The molecule has 3 aromatic rings. The fraction of sp³-hybridized carbons (Fsp3) is 0.125. The van der Waals surface area contributed by atoms with Gasteiger partial charge in [0.2, 0.25) is 0 Å². The second-order valence-corrected chi connectivity index (χ2v) is 5.80. The van der Waals surface area contributed by atoms with E-state index in [4.69, 9.17) is 0 Å². The smallest absolute Gasteiger partial charge is 0.251 e. The minimum atomic E-state index is -0.161. The molecule has 5 heteroatoms. The lowest BCUT2D eigenvalue weighted by molar-refractivity contribution is 0.468. The molecule has 0 saturated heterocycles. The molecular formula is C16H13BrN2O2. The molecule has 0 fully saturated rings. The third-order valence-electron chi connectivity index (χ3n) is 3.67. The van der Waals surface area contributed by atoms with Crippen LogP contribution in [0, 0.1) is 13.8 Å². The standard InChI is InChI=1S/C16H13BrN2O2/c1-8-13(10-4-3-5-18-7-10)11-6-12(17)15(20)9(2)14(11)19-16(8)21/h3-7,20H,1-2H3,(H,19,21). The Morgan fingerprint density at radius 2 is 2.05 bits per heavy atom. The Morgan fingerprint density at radius 1 is 1.29 bits per heavy atom. The van der Waals surface area contributed by atoms with Crippen LogP contribution in [0.2, 0.25) is 0 Å². The maximum absolute atomic E-state index is 12.2. The number of aromatic nitrogens is 2. The molecule has 3 rings (SSSR count). The summed E-state index contributed by atoms with van der Waals surface area (Å²) in [7, 11) is 0. The summed E-state index contributed by atoms with van der Waals surface area (Å²) in [6.07, 6.45) is 3.43. The Labute approximate surface area is 129 Å².